The van der Waals surface area contributed by atoms with E-state index >= 15 is 0 Å². The Morgan fingerprint density at radius 3 is 2.20 bits per heavy atom. The van der Waals surface area contributed by atoms with Crippen molar-refractivity contribution >= 4 is 23.1 Å². The van der Waals surface area contributed by atoms with Crippen molar-refractivity contribution in [3.05, 3.63) is 77.2 Å². The van der Waals surface area contributed by atoms with Gasteiger partial charge in [-0.25, -0.2) is 9.97 Å². The Morgan fingerprint density at radius 1 is 0.840 bits per heavy atom. The molecule has 0 aliphatic heterocycles. The highest BCUT2D eigenvalue weighted by Gasteiger charge is 2.09. The van der Waals surface area contributed by atoms with E-state index in [1.165, 1.54) is 17.3 Å². The van der Waals surface area contributed by atoms with Gasteiger partial charge in [0.2, 0.25) is 0 Å². The van der Waals surface area contributed by atoms with Crippen molar-refractivity contribution in [1.82, 2.24) is 9.97 Å². The highest BCUT2D eigenvalue weighted by atomic mass is 16.1. The third kappa shape index (κ3) is 4.41. The Labute approximate surface area is 147 Å². The Hall–Kier alpha value is -3.21. The maximum absolute atomic E-state index is 12.3. The molecule has 0 aliphatic rings. The maximum atomic E-state index is 12.3. The van der Waals surface area contributed by atoms with E-state index in [4.69, 9.17) is 0 Å². The van der Waals surface area contributed by atoms with Crippen molar-refractivity contribution in [2.45, 2.75) is 20.8 Å². The first kappa shape index (κ1) is 16.6. The predicted octanol–water partition coefficient (Wildman–Crippen LogP) is 4.40. The van der Waals surface area contributed by atoms with Gasteiger partial charge in [0.05, 0.1) is 12.4 Å². The summed E-state index contributed by atoms with van der Waals surface area (Å²) in [6, 6.07) is 13.8. The van der Waals surface area contributed by atoms with Crippen LogP contribution in [0, 0.1) is 20.8 Å². The summed E-state index contributed by atoms with van der Waals surface area (Å²) in [5.41, 5.74) is 5.38. The molecular formula is C20H20N4O. The van der Waals surface area contributed by atoms with Gasteiger partial charge in [0.15, 0.2) is 0 Å². The molecule has 3 aromatic rings. The lowest BCUT2D eigenvalue weighted by Crippen LogP contribution is -2.14. The number of hydrogen-bond donors (Lipinski definition) is 2. The van der Waals surface area contributed by atoms with Crippen LogP contribution in [0.2, 0.25) is 0 Å². The van der Waals surface area contributed by atoms with Crippen LogP contribution in [-0.2, 0) is 0 Å². The molecule has 2 aromatic carbocycles. The summed E-state index contributed by atoms with van der Waals surface area (Å²) in [7, 11) is 0. The second-order valence-electron chi connectivity index (χ2n) is 6.11. The number of carbonyl (C=O) groups is 1. The van der Waals surface area contributed by atoms with Gasteiger partial charge in [0.1, 0.15) is 11.5 Å². The molecule has 1 heterocycles. The van der Waals surface area contributed by atoms with Crippen molar-refractivity contribution in [3.8, 4) is 0 Å². The van der Waals surface area contributed by atoms with Crippen LogP contribution in [-0.4, -0.2) is 15.9 Å². The second kappa shape index (κ2) is 7.13. The van der Waals surface area contributed by atoms with Gasteiger partial charge in [-0.1, -0.05) is 18.2 Å². The molecule has 0 fully saturated rings. The van der Waals surface area contributed by atoms with Crippen LogP contribution in [0.1, 0.15) is 27.2 Å². The Bertz CT molecular complexity index is 884. The van der Waals surface area contributed by atoms with E-state index in [0.29, 0.717) is 5.82 Å². The number of aryl methyl sites for hydroxylation is 3. The third-order valence-corrected chi connectivity index (χ3v) is 3.65. The molecule has 0 saturated carbocycles. The summed E-state index contributed by atoms with van der Waals surface area (Å²) < 4.78 is 0. The lowest BCUT2D eigenvalue weighted by Gasteiger charge is -2.09. The first-order valence-electron chi connectivity index (χ1n) is 8.05. The molecule has 1 aromatic heterocycles. The molecule has 3 rings (SSSR count). The smallest absolute Gasteiger partial charge is 0.275 e. The van der Waals surface area contributed by atoms with E-state index in [1.54, 1.807) is 6.20 Å². The second-order valence-corrected chi connectivity index (χ2v) is 6.11. The van der Waals surface area contributed by atoms with Crippen molar-refractivity contribution in [2.75, 3.05) is 10.6 Å². The molecule has 2 N–H and O–H groups in total. The van der Waals surface area contributed by atoms with Gasteiger partial charge in [-0.2, -0.15) is 0 Å². The van der Waals surface area contributed by atoms with Gasteiger partial charge in [0, 0.05) is 11.4 Å². The van der Waals surface area contributed by atoms with Crippen LogP contribution in [0.3, 0.4) is 0 Å². The minimum Gasteiger partial charge on any atom is -0.339 e. The first-order valence-corrected chi connectivity index (χ1v) is 8.05. The fourth-order valence-corrected chi connectivity index (χ4v) is 2.62. The number of carbonyl (C=O) groups excluding carboxylic acids is 1. The molecule has 5 heteroatoms. The lowest BCUT2D eigenvalue weighted by molar-refractivity contribution is 0.102. The van der Waals surface area contributed by atoms with Gasteiger partial charge in [-0.3, -0.25) is 4.79 Å². The summed E-state index contributed by atoms with van der Waals surface area (Å²) in [4.78, 5) is 20.7. The molecule has 0 aliphatic carbocycles. The molecule has 0 unspecified atom stereocenters. The summed E-state index contributed by atoms with van der Waals surface area (Å²) in [5, 5.41) is 6.02. The van der Waals surface area contributed by atoms with Crippen molar-refractivity contribution < 1.29 is 4.79 Å². The van der Waals surface area contributed by atoms with Gasteiger partial charge >= 0.3 is 0 Å². The molecule has 25 heavy (non-hydrogen) atoms. The van der Waals surface area contributed by atoms with E-state index in [1.807, 2.05) is 57.2 Å². The normalized spacial score (nSPS) is 10.4. The Morgan fingerprint density at radius 2 is 1.56 bits per heavy atom. The number of hydrogen-bond acceptors (Lipinski definition) is 4. The maximum Gasteiger partial charge on any atom is 0.275 e. The third-order valence-electron chi connectivity index (χ3n) is 3.65. The standard InChI is InChI=1S/C20H20N4O/c1-13-5-4-6-16(8-13)24-20(25)18-11-22-19(12-21-18)23-17-9-14(2)7-15(3)10-17/h4-12H,1-3H3,(H,22,23)(H,24,25). The largest absolute Gasteiger partial charge is 0.339 e. The molecule has 0 spiro atoms. The summed E-state index contributed by atoms with van der Waals surface area (Å²) in [6.07, 6.45) is 3.03. The fourth-order valence-electron chi connectivity index (χ4n) is 2.62. The monoisotopic (exact) mass is 332 g/mol. The zero-order valence-electron chi connectivity index (χ0n) is 14.5. The van der Waals surface area contributed by atoms with Gasteiger partial charge < -0.3 is 10.6 Å². The number of rotatable bonds is 4. The molecule has 0 atom stereocenters. The van der Waals surface area contributed by atoms with E-state index in [-0.39, 0.29) is 11.6 Å². The van der Waals surface area contributed by atoms with E-state index in [0.717, 1.165) is 16.9 Å². The number of anilines is 3. The van der Waals surface area contributed by atoms with Crippen LogP contribution in [0.25, 0.3) is 0 Å². The average molecular weight is 332 g/mol. The van der Waals surface area contributed by atoms with Crippen molar-refractivity contribution in [1.29, 1.82) is 0 Å². The number of aromatic nitrogens is 2. The van der Waals surface area contributed by atoms with E-state index in [9.17, 15) is 4.79 Å². The topological polar surface area (TPSA) is 66.9 Å². The van der Waals surface area contributed by atoms with Gasteiger partial charge in [-0.15, -0.1) is 0 Å². The Balaban J connectivity index is 1.70. The minimum absolute atomic E-state index is 0.271. The minimum atomic E-state index is -0.281. The van der Waals surface area contributed by atoms with Crippen LogP contribution < -0.4 is 10.6 Å². The highest BCUT2D eigenvalue weighted by molar-refractivity contribution is 6.02. The molecule has 126 valence electrons. The van der Waals surface area contributed by atoms with Crippen molar-refractivity contribution in [3.63, 3.8) is 0 Å². The summed E-state index contributed by atoms with van der Waals surface area (Å²) >= 11 is 0. The number of nitrogens with one attached hydrogen (secondary N) is 2. The number of amides is 1. The van der Waals surface area contributed by atoms with Crippen LogP contribution in [0.4, 0.5) is 17.2 Å². The van der Waals surface area contributed by atoms with Crippen molar-refractivity contribution in [2.24, 2.45) is 0 Å². The quantitative estimate of drug-likeness (QED) is 0.743. The summed E-state index contributed by atoms with van der Waals surface area (Å²) in [6.45, 7) is 6.06. The molecule has 0 radical (unpaired) electrons. The van der Waals surface area contributed by atoms with E-state index < -0.39 is 0 Å². The lowest BCUT2D eigenvalue weighted by atomic mass is 10.1. The zero-order chi connectivity index (χ0) is 17.8. The molecular weight excluding hydrogens is 312 g/mol. The van der Waals surface area contributed by atoms with Crippen LogP contribution in [0.15, 0.2) is 54.9 Å². The molecule has 5 nitrogen and oxygen atoms in total. The Kier molecular flexibility index (Phi) is 4.75. The molecule has 0 bridgehead atoms. The zero-order valence-corrected chi connectivity index (χ0v) is 14.5. The molecule has 0 saturated heterocycles. The highest BCUT2D eigenvalue weighted by Crippen LogP contribution is 2.18. The van der Waals surface area contributed by atoms with Gasteiger partial charge in [0.25, 0.3) is 5.91 Å². The number of benzene rings is 2. The SMILES string of the molecule is Cc1cccc(NC(=O)c2cnc(Nc3cc(C)cc(C)c3)cn2)c1. The van der Waals surface area contributed by atoms with Crippen LogP contribution >= 0.6 is 0 Å². The first-order chi connectivity index (χ1) is 12.0. The molecule has 1 amide bonds. The van der Waals surface area contributed by atoms with Gasteiger partial charge in [-0.05, 0) is 61.7 Å². The fraction of sp³-hybridized carbons (Fsp3) is 0.150. The van der Waals surface area contributed by atoms with Crippen LogP contribution in [0.5, 0.6) is 0 Å². The predicted molar refractivity (Wildman–Crippen MR) is 100 cm³/mol. The number of nitrogens with zero attached hydrogens (tertiary/aromatic N) is 2. The average Bonchev–Trinajstić information content (AvgIpc) is 2.54. The summed E-state index contributed by atoms with van der Waals surface area (Å²) in [5.74, 6) is 0.313. The van der Waals surface area contributed by atoms with E-state index in [2.05, 4.69) is 26.7 Å².